The van der Waals surface area contributed by atoms with E-state index in [2.05, 4.69) is 11.9 Å². The molecule has 0 aliphatic carbocycles. The summed E-state index contributed by atoms with van der Waals surface area (Å²) < 4.78 is 0. The van der Waals surface area contributed by atoms with Crippen molar-refractivity contribution in [2.24, 2.45) is 5.92 Å². The second kappa shape index (κ2) is 6.42. The third kappa shape index (κ3) is 5.02. The third-order valence-electron chi connectivity index (χ3n) is 2.72. The molecule has 1 amide bonds. The van der Waals surface area contributed by atoms with E-state index in [0.29, 0.717) is 19.3 Å². The second-order valence-electron chi connectivity index (χ2n) is 4.94. The molecule has 98 valence electrons. The van der Waals surface area contributed by atoms with Crippen molar-refractivity contribution in [3.8, 4) is 0 Å². The van der Waals surface area contributed by atoms with Crippen molar-refractivity contribution in [2.45, 2.75) is 52.5 Å². The molecule has 2 atom stereocenters. The van der Waals surface area contributed by atoms with Gasteiger partial charge >= 0.3 is 5.97 Å². The zero-order valence-corrected chi connectivity index (χ0v) is 11.2. The van der Waals surface area contributed by atoms with Crippen LogP contribution in [0.1, 0.15) is 47.0 Å². The summed E-state index contributed by atoms with van der Waals surface area (Å²) in [5, 5.41) is 11.8. The summed E-state index contributed by atoms with van der Waals surface area (Å²) in [6, 6.07) is 0. The number of carboxylic acids is 1. The Morgan fingerprint density at radius 3 is 2.35 bits per heavy atom. The van der Waals surface area contributed by atoms with Crippen LogP contribution in [-0.2, 0) is 9.59 Å². The lowest BCUT2D eigenvalue weighted by atomic mass is 9.94. The monoisotopic (exact) mass is 241 g/mol. The van der Waals surface area contributed by atoms with Crippen LogP contribution in [0.4, 0.5) is 0 Å². The van der Waals surface area contributed by atoms with E-state index in [1.54, 1.807) is 13.8 Å². The number of carbonyl (C=O) groups is 2. The van der Waals surface area contributed by atoms with E-state index < -0.39 is 11.5 Å². The second-order valence-corrected chi connectivity index (χ2v) is 4.94. The SMILES string of the molecule is C=C(C)CC(C)C(=O)NC(C)(CCC)C(=O)O. The van der Waals surface area contributed by atoms with Crippen LogP contribution >= 0.6 is 0 Å². The highest BCUT2D eigenvalue weighted by Gasteiger charge is 2.34. The fourth-order valence-corrected chi connectivity index (χ4v) is 1.73. The normalized spacial score (nSPS) is 15.8. The van der Waals surface area contributed by atoms with Gasteiger partial charge in [0, 0.05) is 5.92 Å². The van der Waals surface area contributed by atoms with Crippen LogP contribution in [0, 0.1) is 5.92 Å². The fraction of sp³-hybridized carbons (Fsp3) is 0.692. The number of carboxylic acid groups (broad SMARTS) is 1. The van der Waals surface area contributed by atoms with Crippen molar-refractivity contribution in [3.05, 3.63) is 12.2 Å². The van der Waals surface area contributed by atoms with Crippen LogP contribution in [0.15, 0.2) is 12.2 Å². The van der Waals surface area contributed by atoms with Gasteiger partial charge in [0.25, 0.3) is 0 Å². The standard InChI is InChI=1S/C13H23NO3/c1-6-7-13(5,12(16)17)14-11(15)10(4)8-9(2)3/h10H,2,6-8H2,1,3-5H3,(H,14,15)(H,16,17). The molecule has 0 aromatic rings. The van der Waals surface area contributed by atoms with Crippen LogP contribution in [0.3, 0.4) is 0 Å². The summed E-state index contributed by atoms with van der Waals surface area (Å²) in [5.41, 5.74) is -0.255. The van der Waals surface area contributed by atoms with Gasteiger partial charge in [-0.15, -0.1) is 6.58 Å². The maximum atomic E-state index is 11.9. The Kier molecular flexibility index (Phi) is 5.93. The highest BCUT2D eigenvalue weighted by atomic mass is 16.4. The van der Waals surface area contributed by atoms with Gasteiger partial charge in [-0.25, -0.2) is 4.79 Å². The lowest BCUT2D eigenvalue weighted by Crippen LogP contribution is -2.53. The smallest absolute Gasteiger partial charge is 0.329 e. The van der Waals surface area contributed by atoms with Crippen molar-refractivity contribution in [2.75, 3.05) is 0 Å². The van der Waals surface area contributed by atoms with Crippen LogP contribution < -0.4 is 5.32 Å². The molecule has 0 saturated heterocycles. The number of hydrogen-bond donors (Lipinski definition) is 2. The van der Waals surface area contributed by atoms with Crippen molar-refractivity contribution in [1.82, 2.24) is 5.32 Å². The number of nitrogens with one attached hydrogen (secondary N) is 1. The third-order valence-corrected chi connectivity index (χ3v) is 2.72. The molecule has 0 aliphatic rings. The largest absolute Gasteiger partial charge is 0.480 e. The minimum atomic E-state index is -1.17. The van der Waals surface area contributed by atoms with E-state index in [1.165, 1.54) is 0 Å². The Bertz CT molecular complexity index is 312. The van der Waals surface area contributed by atoms with Gasteiger partial charge < -0.3 is 10.4 Å². The molecule has 2 N–H and O–H groups in total. The first-order valence-corrected chi connectivity index (χ1v) is 5.92. The van der Waals surface area contributed by atoms with Gasteiger partial charge in [0.1, 0.15) is 5.54 Å². The van der Waals surface area contributed by atoms with Crippen LogP contribution in [0.2, 0.25) is 0 Å². The lowest BCUT2D eigenvalue weighted by molar-refractivity contribution is -0.147. The predicted octanol–water partition coefficient (Wildman–Crippen LogP) is 2.35. The average Bonchev–Trinajstić information content (AvgIpc) is 2.16. The molecule has 0 heterocycles. The van der Waals surface area contributed by atoms with Crippen molar-refractivity contribution < 1.29 is 14.7 Å². The first-order valence-electron chi connectivity index (χ1n) is 5.92. The maximum absolute atomic E-state index is 11.9. The van der Waals surface area contributed by atoms with E-state index in [1.807, 2.05) is 13.8 Å². The molecule has 4 nitrogen and oxygen atoms in total. The van der Waals surface area contributed by atoms with Crippen LogP contribution in [-0.4, -0.2) is 22.5 Å². The number of allylic oxidation sites excluding steroid dienone is 1. The Hall–Kier alpha value is -1.32. The fourth-order valence-electron chi connectivity index (χ4n) is 1.73. The summed E-state index contributed by atoms with van der Waals surface area (Å²) in [5.74, 6) is -1.47. The van der Waals surface area contributed by atoms with Gasteiger partial charge in [0.2, 0.25) is 5.91 Å². The minimum Gasteiger partial charge on any atom is -0.480 e. The van der Waals surface area contributed by atoms with E-state index in [9.17, 15) is 9.59 Å². The predicted molar refractivity (Wildman–Crippen MR) is 67.7 cm³/mol. The molecule has 0 aromatic heterocycles. The van der Waals surface area contributed by atoms with E-state index in [0.717, 1.165) is 5.57 Å². The zero-order chi connectivity index (χ0) is 13.6. The van der Waals surface area contributed by atoms with E-state index in [-0.39, 0.29) is 11.8 Å². The average molecular weight is 241 g/mol. The summed E-state index contributed by atoms with van der Waals surface area (Å²) in [6.07, 6.45) is 1.71. The molecule has 0 radical (unpaired) electrons. The highest BCUT2D eigenvalue weighted by molar-refractivity contribution is 5.87. The summed E-state index contributed by atoms with van der Waals surface area (Å²) in [6.45, 7) is 10.8. The molecular formula is C13H23NO3. The number of amides is 1. The van der Waals surface area contributed by atoms with Crippen LogP contribution in [0.5, 0.6) is 0 Å². The van der Waals surface area contributed by atoms with Gasteiger partial charge in [0.05, 0.1) is 0 Å². The maximum Gasteiger partial charge on any atom is 0.329 e. The molecule has 17 heavy (non-hydrogen) atoms. The lowest BCUT2D eigenvalue weighted by Gasteiger charge is -2.27. The number of carbonyl (C=O) groups excluding carboxylic acids is 1. The van der Waals surface area contributed by atoms with Gasteiger partial charge in [-0.3, -0.25) is 4.79 Å². The highest BCUT2D eigenvalue weighted by Crippen LogP contribution is 2.16. The van der Waals surface area contributed by atoms with Crippen molar-refractivity contribution in [1.29, 1.82) is 0 Å². The topological polar surface area (TPSA) is 66.4 Å². The summed E-state index contributed by atoms with van der Waals surface area (Å²) >= 11 is 0. The van der Waals surface area contributed by atoms with Gasteiger partial charge in [-0.1, -0.05) is 25.8 Å². The molecule has 2 unspecified atom stereocenters. The van der Waals surface area contributed by atoms with E-state index >= 15 is 0 Å². The number of hydrogen-bond acceptors (Lipinski definition) is 2. The Balaban J connectivity index is 4.61. The number of rotatable bonds is 7. The first kappa shape index (κ1) is 15.7. The molecule has 0 aliphatic heterocycles. The van der Waals surface area contributed by atoms with Gasteiger partial charge in [-0.05, 0) is 26.7 Å². The zero-order valence-electron chi connectivity index (χ0n) is 11.2. The molecule has 4 heteroatoms. The minimum absolute atomic E-state index is 0.230. The molecular weight excluding hydrogens is 218 g/mol. The van der Waals surface area contributed by atoms with Crippen molar-refractivity contribution >= 4 is 11.9 Å². The van der Waals surface area contributed by atoms with Crippen molar-refractivity contribution in [3.63, 3.8) is 0 Å². The Labute approximate surface area is 103 Å². The number of aliphatic carboxylic acids is 1. The molecule has 0 saturated carbocycles. The molecule has 0 spiro atoms. The summed E-state index contributed by atoms with van der Waals surface area (Å²) in [4.78, 5) is 23.0. The molecule has 0 rings (SSSR count). The quantitative estimate of drug-likeness (QED) is 0.672. The molecule has 0 bridgehead atoms. The van der Waals surface area contributed by atoms with E-state index in [4.69, 9.17) is 5.11 Å². The molecule has 0 fully saturated rings. The Morgan fingerprint density at radius 1 is 1.47 bits per heavy atom. The molecule has 0 aromatic carbocycles. The Morgan fingerprint density at radius 2 is 2.00 bits per heavy atom. The van der Waals surface area contributed by atoms with Gasteiger partial charge in [-0.2, -0.15) is 0 Å². The summed E-state index contributed by atoms with van der Waals surface area (Å²) in [7, 11) is 0. The van der Waals surface area contributed by atoms with Gasteiger partial charge in [0.15, 0.2) is 0 Å². The first-order chi connectivity index (χ1) is 7.73. The van der Waals surface area contributed by atoms with Crippen LogP contribution in [0.25, 0.3) is 0 Å².